The number of aromatic nitrogens is 4. The van der Waals surface area contributed by atoms with Crippen LogP contribution in [0, 0.1) is 11.3 Å². The maximum Gasteiger partial charge on any atom is 0.247 e. The molecular weight excluding hydrogens is 282 g/mol. The molecule has 2 heterocycles. The van der Waals surface area contributed by atoms with Crippen molar-refractivity contribution in [2.45, 2.75) is 27.2 Å². The highest BCUT2D eigenvalue weighted by atomic mass is 16.5. The lowest BCUT2D eigenvalue weighted by Gasteiger charge is -2.18. The van der Waals surface area contributed by atoms with E-state index in [2.05, 4.69) is 35.7 Å². The molecule has 1 fully saturated rings. The van der Waals surface area contributed by atoms with E-state index < -0.39 is 0 Å². The molecular formula is C15H21N5O2. The summed E-state index contributed by atoms with van der Waals surface area (Å²) >= 11 is 0. The van der Waals surface area contributed by atoms with E-state index in [1.807, 2.05) is 10.8 Å². The van der Waals surface area contributed by atoms with Crippen molar-refractivity contribution in [1.82, 2.24) is 19.5 Å². The highest BCUT2D eigenvalue weighted by molar-refractivity contribution is 5.79. The molecule has 0 bridgehead atoms. The number of ether oxygens (including phenoxy) is 1. The zero-order valence-electron chi connectivity index (χ0n) is 13.1. The van der Waals surface area contributed by atoms with Gasteiger partial charge >= 0.3 is 0 Å². The molecule has 0 unspecified atom stereocenters. The average Bonchev–Trinajstić information content (AvgIpc) is 3.08. The van der Waals surface area contributed by atoms with Gasteiger partial charge in [-0.05, 0) is 17.4 Å². The maximum absolute atomic E-state index is 9.12. The van der Waals surface area contributed by atoms with Gasteiger partial charge in [-0.3, -0.25) is 4.57 Å². The molecule has 7 heteroatoms. The van der Waals surface area contributed by atoms with Gasteiger partial charge in [0.2, 0.25) is 11.8 Å². The summed E-state index contributed by atoms with van der Waals surface area (Å²) in [6, 6.07) is 0. The van der Waals surface area contributed by atoms with E-state index >= 15 is 0 Å². The van der Waals surface area contributed by atoms with Crippen LogP contribution >= 0.6 is 0 Å². The molecule has 0 amide bonds. The van der Waals surface area contributed by atoms with Crippen molar-refractivity contribution in [2.24, 2.45) is 11.3 Å². The van der Waals surface area contributed by atoms with Crippen LogP contribution in [0.1, 0.15) is 27.2 Å². The fourth-order valence-corrected chi connectivity index (χ4v) is 2.13. The Morgan fingerprint density at radius 1 is 1.45 bits per heavy atom. The number of nitrogens with zero attached hydrogens (tertiary/aromatic N) is 4. The SMILES string of the molecule is CC(C)(C)COc1nc(N)nc2c1ncn2/C=C1/C[C@@H]1CO. The topological polar surface area (TPSA) is 99.1 Å². The zero-order chi connectivity index (χ0) is 15.9. The first-order valence-corrected chi connectivity index (χ1v) is 7.31. The van der Waals surface area contributed by atoms with Crippen LogP contribution in [0.2, 0.25) is 0 Å². The molecule has 0 radical (unpaired) electrons. The van der Waals surface area contributed by atoms with E-state index in [0.717, 1.165) is 6.42 Å². The number of aliphatic hydroxyl groups excluding tert-OH is 1. The van der Waals surface area contributed by atoms with E-state index in [0.29, 0.717) is 23.7 Å². The van der Waals surface area contributed by atoms with Gasteiger partial charge in [0.15, 0.2) is 11.2 Å². The Hall–Kier alpha value is -2.15. The fraction of sp³-hybridized carbons (Fsp3) is 0.533. The molecule has 2 aromatic rings. The molecule has 118 valence electrons. The number of rotatable bonds is 4. The molecule has 0 saturated heterocycles. The zero-order valence-corrected chi connectivity index (χ0v) is 13.1. The number of hydrogen-bond acceptors (Lipinski definition) is 6. The molecule has 22 heavy (non-hydrogen) atoms. The standard InChI is InChI=1S/C15H21N5O2/c1-15(2,3)7-22-13-11-12(18-14(16)19-13)20(8-17-11)5-9-4-10(9)6-21/h5,8,10,21H,4,6-7H2,1-3H3,(H2,16,18,19)/b9-5-/t10-/m1/s1. The summed E-state index contributed by atoms with van der Waals surface area (Å²) < 4.78 is 7.58. The highest BCUT2D eigenvalue weighted by Gasteiger charge is 2.29. The second-order valence-electron chi connectivity index (χ2n) is 6.85. The molecule has 1 aliphatic carbocycles. The summed E-state index contributed by atoms with van der Waals surface area (Å²) in [5.41, 5.74) is 8.19. The van der Waals surface area contributed by atoms with Crippen molar-refractivity contribution in [2.75, 3.05) is 18.9 Å². The van der Waals surface area contributed by atoms with Crippen molar-refractivity contribution >= 4 is 23.3 Å². The van der Waals surface area contributed by atoms with Gasteiger partial charge in [0.05, 0.1) is 6.61 Å². The first-order chi connectivity index (χ1) is 10.4. The number of hydrogen-bond donors (Lipinski definition) is 2. The molecule has 0 spiro atoms. The van der Waals surface area contributed by atoms with E-state index in [1.54, 1.807) is 6.33 Å². The third-order valence-corrected chi connectivity index (χ3v) is 3.42. The first-order valence-electron chi connectivity index (χ1n) is 7.31. The van der Waals surface area contributed by atoms with E-state index in [1.165, 1.54) is 5.57 Å². The van der Waals surface area contributed by atoms with Crippen LogP contribution in [0.3, 0.4) is 0 Å². The fourth-order valence-electron chi connectivity index (χ4n) is 2.13. The van der Waals surface area contributed by atoms with Crippen molar-refractivity contribution < 1.29 is 9.84 Å². The predicted octanol–water partition coefficient (Wildman–Crippen LogP) is 1.69. The van der Waals surface area contributed by atoms with Crippen LogP contribution in [0.15, 0.2) is 11.9 Å². The van der Waals surface area contributed by atoms with Crippen molar-refractivity contribution in [1.29, 1.82) is 0 Å². The minimum atomic E-state index is 0.0128. The molecule has 1 saturated carbocycles. The summed E-state index contributed by atoms with van der Waals surface area (Å²) in [6.07, 6.45) is 4.52. The second-order valence-corrected chi connectivity index (χ2v) is 6.85. The van der Waals surface area contributed by atoms with Crippen molar-refractivity contribution in [3.05, 3.63) is 11.9 Å². The molecule has 3 rings (SSSR count). The quantitative estimate of drug-likeness (QED) is 0.891. The summed E-state index contributed by atoms with van der Waals surface area (Å²) in [6.45, 7) is 6.94. The molecule has 3 N–H and O–H groups in total. The molecule has 7 nitrogen and oxygen atoms in total. The first kappa shape index (κ1) is 14.8. The van der Waals surface area contributed by atoms with Gasteiger partial charge < -0.3 is 15.6 Å². The molecule has 1 aliphatic rings. The number of aliphatic hydroxyl groups is 1. The molecule has 1 atom stereocenters. The van der Waals surface area contributed by atoms with E-state index in [4.69, 9.17) is 15.6 Å². The summed E-state index contributed by atoms with van der Waals surface area (Å²) in [7, 11) is 0. The van der Waals surface area contributed by atoms with Crippen LogP contribution in [-0.2, 0) is 0 Å². The lowest BCUT2D eigenvalue weighted by atomic mass is 9.99. The Balaban J connectivity index is 1.94. The van der Waals surface area contributed by atoms with Gasteiger partial charge in [-0.25, -0.2) is 4.98 Å². The number of fused-ring (bicyclic) bond motifs is 1. The minimum absolute atomic E-state index is 0.0128. The maximum atomic E-state index is 9.12. The van der Waals surface area contributed by atoms with E-state index in [-0.39, 0.29) is 23.9 Å². The van der Waals surface area contributed by atoms with Crippen LogP contribution in [0.25, 0.3) is 17.4 Å². The second kappa shape index (κ2) is 5.24. The lowest BCUT2D eigenvalue weighted by molar-refractivity contribution is 0.193. The minimum Gasteiger partial charge on any atom is -0.475 e. The third-order valence-electron chi connectivity index (χ3n) is 3.42. The lowest BCUT2D eigenvalue weighted by Crippen LogP contribution is -2.18. The third kappa shape index (κ3) is 3.04. The molecule has 0 aliphatic heterocycles. The monoisotopic (exact) mass is 303 g/mol. The van der Waals surface area contributed by atoms with Gasteiger partial charge in [0.1, 0.15) is 6.33 Å². The van der Waals surface area contributed by atoms with Crippen LogP contribution < -0.4 is 10.5 Å². The van der Waals surface area contributed by atoms with Gasteiger partial charge in [-0.2, -0.15) is 9.97 Å². The Bertz CT molecular complexity index is 729. The van der Waals surface area contributed by atoms with E-state index in [9.17, 15) is 0 Å². The molecule has 0 aromatic carbocycles. The number of nitrogen functional groups attached to an aromatic ring is 1. The summed E-state index contributed by atoms with van der Waals surface area (Å²) in [4.78, 5) is 12.7. The van der Waals surface area contributed by atoms with Gasteiger partial charge in [-0.1, -0.05) is 20.8 Å². The normalized spacial score (nSPS) is 19.8. The smallest absolute Gasteiger partial charge is 0.247 e. The predicted molar refractivity (Wildman–Crippen MR) is 84.2 cm³/mol. The van der Waals surface area contributed by atoms with Crippen molar-refractivity contribution in [3.63, 3.8) is 0 Å². The number of nitrogens with two attached hydrogens (primary N) is 1. The van der Waals surface area contributed by atoms with Crippen molar-refractivity contribution in [3.8, 4) is 5.88 Å². The number of anilines is 1. The molecule has 2 aromatic heterocycles. The van der Waals surface area contributed by atoms with Gasteiger partial charge in [-0.15, -0.1) is 0 Å². The van der Waals surface area contributed by atoms with Crippen LogP contribution in [-0.4, -0.2) is 37.8 Å². The van der Waals surface area contributed by atoms with Gasteiger partial charge in [0, 0.05) is 18.7 Å². The largest absolute Gasteiger partial charge is 0.475 e. The Labute approximate surface area is 128 Å². The summed E-state index contributed by atoms with van der Waals surface area (Å²) in [5, 5.41) is 9.12. The number of imidazole rings is 1. The Morgan fingerprint density at radius 2 is 2.23 bits per heavy atom. The average molecular weight is 303 g/mol. The van der Waals surface area contributed by atoms with Crippen LogP contribution in [0.5, 0.6) is 5.88 Å². The Kier molecular flexibility index (Phi) is 3.52. The highest BCUT2D eigenvalue weighted by Crippen LogP contribution is 2.38. The Morgan fingerprint density at radius 3 is 2.86 bits per heavy atom. The van der Waals surface area contributed by atoms with Gasteiger partial charge in [0.25, 0.3) is 0 Å². The summed E-state index contributed by atoms with van der Waals surface area (Å²) in [5.74, 6) is 0.823. The van der Waals surface area contributed by atoms with Crippen LogP contribution in [0.4, 0.5) is 5.95 Å².